The molecule has 0 spiro atoms. The molecule has 60 heavy (non-hydrogen) atoms. The fraction of sp³-hybridized carbons (Fsp3) is 0.280. The van der Waals surface area contributed by atoms with Crippen LogP contribution in [0.2, 0.25) is 0 Å². The summed E-state index contributed by atoms with van der Waals surface area (Å²) in [5.41, 5.74) is 7.33. The number of carbonyl (C=O) groups is 4. The van der Waals surface area contributed by atoms with Crippen LogP contribution in [-0.2, 0) is 19.2 Å². The summed E-state index contributed by atoms with van der Waals surface area (Å²) in [7, 11) is 0. The number of benzene rings is 5. The molecule has 8 rings (SSSR count). The fourth-order valence-corrected chi connectivity index (χ4v) is 8.17. The zero-order valence-electron chi connectivity index (χ0n) is 33.7. The minimum atomic E-state index is -0.414. The third-order valence-corrected chi connectivity index (χ3v) is 11.7. The van der Waals surface area contributed by atoms with Crippen molar-refractivity contribution < 1.29 is 38.1 Å². The molecule has 0 atom stereocenters. The Labute approximate surface area is 349 Å². The van der Waals surface area contributed by atoms with Gasteiger partial charge in [-0.3, -0.25) is 19.2 Å². The van der Waals surface area contributed by atoms with Crippen LogP contribution >= 0.6 is 0 Å². The maximum atomic E-state index is 13.6. The van der Waals surface area contributed by atoms with E-state index in [1.807, 2.05) is 74.5 Å². The maximum absolute atomic E-state index is 13.6. The van der Waals surface area contributed by atoms with Crippen LogP contribution in [0.5, 0.6) is 23.0 Å². The van der Waals surface area contributed by atoms with Crippen molar-refractivity contribution in [3.05, 3.63) is 143 Å². The molecule has 0 heterocycles. The summed E-state index contributed by atoms with van der Waals surface area (Å²) in [4.78, 5) is 52.8. The zero-order valence-corrected chi connectivity index (χ0v) is 33.7. The van der Waals surface area contributed by atoms with Gasteiger partial charge in [0.15, 0.2) is 0 Å². The van der Waals surface area contributed by atoms with Gasteiger partial charge in [0.1, 0.15) is 28.7 Å². The molecule has 0 saturated heterocycles. The first kappa shape index (κ1) is 40.1. The predicted molar refractivity (Wildman–Crippen MR) is 227 cm³/mol. The van der Waals surface area contributed by atoms with Crippen LogP contribution in [0.15, 0.2) is 125 Å². The van der Waals surface area contributed by atoms with Gasteiger partial charge in [-0.05, 0) is 119 Å². The second-order valence-electron chi connectivity index (χ2n) is 15.9. The van der Waals surface area contributed by atoms with Crippen LogP contribution in [0.4, 0.5) is 0 Å². The predicted octanol–water partition coefficient (Wildman–Crippen LogP) is 9.79. The number of fused-ring (bicyclic) bond motifs is 3. The lowest BCUT2D eigenvalue weighted by Crippen LogP contribution is -2.30. The third-order valence-electron chi connectivity index (χ3n) is 11.7. The maximum Gasteiger partial charge on any atom is 0.314 e. The van der Waals surface area contributed by atoms with Crippen LogP contribution in [0.25, 0.3) is 11.1 Å². The lowest BCUT2D eigenvalue weighted by molar-refractivity contribution is -0.145. The van der Waals surface area contributed by atoms with Crippen molar-refractivity contribution in [2.24, 2.45) is 33.9 Å². The number of hydrogen-bond donors (Lipinski definition) is 0. The van der Waals surface area contributed by atoms with E-state index >= 15 is 0 Å². The lowest BCUT2D eigenvalue weighted by atomic mass is 9.82. The number of aryl methyl sites for hydroxylation is 2. The Balaban J connectivity index is 0.950. The topological polar surface area (TPSA) is 130 Å². The normalized spacial score (nSPS) is 19.5. The van der Waals surface area contributed by atoms with Crippen LogP contribution < -0.4 is 18.9 Å². The Hall–Kier alpha value is -6.68. The van der Waals surface area contributed by atoms with Crippen LogP contribution in [-0.4, -0.2) is 35.8 Å². The third kappa shape index (κ3) is 9.28. The van der Waals surface area contributed by atoms with Crippen LogP contribution in [0.3, 0.4) is 0 Å². The van der Waals surface area contributed by atoms with Gasteiger partial charge in [0, 0.05) is 16.7 Å². The number of esters is 4. The Morgan fingerprint density at radius 1 is 0.467 bits per heavy atom. The van der Waals surface area contributed by atoms with Gasteiger partial charge in [-0.1, -0.05) is 83.9 Å². The van der Waals surface area contributed by atoms with Gasteiger partial charge in [-0.2, -0.15) is 5.10 Å². The van der Waals surface area contributed by atoms with E-state index in [9.17, 15) is 19.2 Å². The number of hydrogen-bond acceptors (Lipinski definition) is 10. The minimum absolute atomic E-state index is 0.240. The van der Waals surface area contributed by atoms with Gasteiger partial charge in [-0.15, -0.1) is 5.10 Å². The Morgan fingerprint density at radius 3 is 1.27 bits per heavy atom. The molecule has 0 bridgehead atoms. The number of carbonyl (C=O) groups excluding carboxylic acids is 4. The van der Waals surface area contributed by atoms with Crippen molar-refractivity contribution in [2.45, 2.75) is 65.2 Å². The molecule has 0 aliphatic heterocycles. The molecule has 5 aromatic rings. The summed E-state index contributed by atoms with van der Waals surface area (Å²) in [6, 6.07) is 35.5. The zero-order chi connectivity index (χ0) is 41.6. The van der Waals surface area contributed by atoms with Crippen molar-refractivity contribution in [1.82, 2.24) is 0 Å². The van der Waals surface area contributed by atoms with E-state index in [1.165, 1.54) is 6.21 Å². The van der Waals surface area contributed by atoms with E-state index in [-0.39, 0.29) is 41.2 Å². The minimum Gasteiger partial charge on any atom is -0.426 e. The molecular weight excluding hydrogens is 757 g/mol. The molecule has 0 unspecified atom stereocenters. The average molecular weight is 803 g/mol. The first-order chi connectivity index (χ1) is 29.2. The first-order valence-electron chi connectivity index (χ1n) is 20.6. The molecule has 0 radical (unpaired) electrons. The molecular formula is C50H46N2O8. The van der Waals surface area contributed by atoms with Crippen molar-refractivity contribution in [2.75, 3.05) is 0 Å². The first-order valence-corrected chi connectivity index (χ1v) is 20.6. The van der Waals surface area contributed by atoms with Gasteiger partial charge in [0.05, 0.1) is 29.9 Å². The molecule has 0 aromatic heterocycles. The Bertz CT molecular complexity index is 2410. The molecule has 2 fully saturated rings. The van der Waals surface area contributed by atoms with E-state index in [2.05, 4.69) is 22.3 Å². The quantitative estimate of drug-likeness (QED) is 0.0580. The van der Waals surface area contributed by atoms with Gasteiger partial charge < -0.3 is 18.9 Å². The highest BCUT2D eigenvalue weighted by Gasteiger charge is 2.34. The molecule has 3 aliphatic carbocycles. The van der Waals surface area contributed by atoms with E-state index in [4.69, 9.17) is 18.9 Å². The SMILES string of the molecule is Cc1ccc(OC(=O)C2CCC(C(=O)Oc3ccc(OC(=O)C4CCC(C(=O)Oc5ccc(C)cc5)CC4)c(/C=N/N=C4c5ccccc5-c5ccccc54)c3)CC2)cc1. The summed E-state index contributed by atoms with van der Waals surface area (Å²) < 4.78 is 23.1. The Kier molecular flexibility index (Phi) is 12.1. The molecule has 2 saturated carbocycles. The molecule has 5 aromatic carbocycles. The largest absolute Gasteiger partial charge is 0.426 e. The second kappa shape index (κ2) is 18.1. The average Bonchev–Trinajstić information content (AvgIpc) is 3.59. The van der Waals surface area contributed by atoms with Gasteiger partial charge in [0.2, 0.25) is 0 Å². The molecule has 10 heteroatoms. The Morgan fingerprint density at radius 2 is 0.833 bits per heavy atom. The monoisotopic (exact) mass is 802 g/mol. The van der Waals surface area contributed by atoms with Gasteiger partial charge >= 0.3 is 23.9 Å². The highest BCUT2D eigenvalue weighted by Crippen LogP contribution is 2.38. The van der Waals surface area contributed by atoms with E-state index in [0.717, 1.165) is 39.1 Å². The van der Waals surface area contributed by atoms with Gasteiger partial charge in [-0.25, -0.2) is 0 Å². The van der Waals surface area contributed by atoms with Crippen molar-refractivity contribution in [3.8, 4) is 34.1 Å². The lowest BCUT2D eigenvalue weighted by Gasteiger charge is -2.26. The summed E-state index contributed by atoms with van der Waals surface area (Å²) >= 11 is 0. The van der Waals surface area contributed by atoms with Crippen LogP contribution in [0.1, 0.15) is 79.2 Å². The van der Waals surface area contributed by atoms with E-state index < -0.39 is 17.9 Å². The van der Waals surface area contributed by atoms with Crippen molar-refractivity contribution in [3.63, 3.8) is 0 Å². The summed E-state index contributed by atoms with van der Waals surface area (Å²) in [6.45, 7) is 3.94. The number of nitrogens with zero attached hydrogens (tertiary/aromatic N) is 2. The number of ether oxygens (including phenoxy) is 4. The molecule has 304 valence electrons. The molecule has 3 aliphatic rings. The van der Waals surface area contributed by atoms with Crippen molar-refractivity contribution in [1.29, 1.82) is 0 Å². The highest BCUT2D eigenvalue weighted by atomic mass is 16.5. The van der Waals surface area contributed by atoms with E-state index in [0.29, 0.717) is 68.4 Å². The summed E-state index contributed by atoms with van der Waals surface area (Å²) in [5.74, 6) is -1.28. The van der Waals surface area contributed by atoms with E-state index in [1.54, 1.807) is 42.5 Å². The smallest absolute Gasteiger partial charge is 0.314 e. The standard InChI is InChI=1S/C50H46N2O8/c1-31-11-23-38(24-12-31)57-47(53)33-15-17-35(18-16-33)49(55)59-40-27-28-45(60-50(56)36-21-19-34(20-22-36)48(54)58-39-25-13-32(2)14-26-39)37(29-40)30-51-52-46-43-9-5-3-7-41(43)42-8-4-6-10-44(42)46/h3-14,23-30,33-36H,15-22H2,1-2H3/b51-30+. The van der Waals surface area contributed by atoms with Gasteiger partial charge in [0.25, 0.3) is 0 Å². The van der Waals surface area contributed by atoms with Crippen LogP contribution in [0, 0.1) is 37.5 Å². The molecule has 0 N–H and O–H groups in total. The van der Waals surface area contributed by atoms with Crippen molar-refractivity contribution >= 4 is 35.8 Å². The fourth-order valence-electron chi connectivity index (χ4n) is 8.17. The molecule has 0 amide bonds. The second-order valence-corrected chi connectivity index (χ2v) is 15.9. The highest BCUT2D eigenvalue weighted by molar-refractivity contribution is 6.24. The summed E-state index contributed by atoms with van der Waals surface area (Å²) in [5, 5.41) is 9.12. The summed E-state index contributed by atoms with van der Waals surface area (Å²) in [6.07, 6.45) is 5.46. The number of rotatable bonds is 10. The molecule has 10 nitrogen and oxygen atoms in total.